The first-order chi connectivity index (χ1) is 9.31. The molecular formula is C14H25N3O2. The third kappa shape index (κ3) is 3.09. The molecule has 0 spiro atoms. The number of nitrogens with zero attached hydrogens (tertiary/aromatic N) is 2. The number of methoxy groups -OCH3 is 1. The van der Waals surface area contributed by atoms with Gasteiger partial charge in [-0.1, -0.05) is 6.92 Å². The molecule has 2 heterocycles. The molecule has 0 aromatic carbocycles. The van der Waals surface area contributed by atoms with Crippen LogP contribution >= 0.6 is 0 Å². The summed E-state index contributed by atoms with van der Waals surface area (Å²) in [5.74, 6) is 1.36. The van der Waals surface area contributed by atoms with Crippen LogP contribution in [-0.4, -0.2) is 37.2 Å². The van der Waals surface area contributed by atoms with Crippen LogP contribution in [0.25, 0.3) is 0 Å². The molecule has 5 heteroatoms. The van der Waals surface area contributed by atoms with Crippen molar-refractivity contribution >= 4 is 0 Å². The summed E-state index contributed by atoms with van der Waals surface area (Å²) < 4.78 is 13.2. The second-order valence-electron chi connectivity index (χ2n) is 5.06. The van der Waals surface area contributed by atoms with Crippen LogP contribution in [0.1, 0.15) is 37.9 Å². The number of aromatic nitrogens is 2. The van der Waals surface area contributed by atoms with Crippen LogP contribution in [0.3, 0.4) is 0 Å². The summed E-state index contributed by atoms with van der Waals surface area (Å²) in [6.07, 6.45) is 5.20. The Morgan fingerprint density at radius 1 is 1.63 bits per heavy atom. The van der Waals surface area contributed by atoms with E-state index in [1.165, 1.54) is 6.42 Å². The molecule has 1 aliphatic heterocycles. The first-order valence-electron chi connectivity index (χ1n) is 7.16. The maximum Gasteiger partial charge on any atom is 0.161 e. The predicted octanol–water partition coefficient (Wildman–Crippen LogP) is 1.99. The maximum atomic E-state index is 5.63. The third-order valence-corrected chi connectivity index (χ3v) is 3.77. The summed E-state index contributed by atoms with van der Waals surface area (Å²) in [5, 5.41) is 7.88. The molecule has 1 aromatic rings. The SMILES string of the molecule is CCCn1ncc(OC)c1C(NC)C1CCCOC1. The highest BCUT2D eigenvalue weighted by molar-refractivity contribution is 5.29. The predicted molar refractivity (Wildman–Crippen MR) is 74.4 cm³/mol. The quantitative estimate of drug-likeness (QED) is 0.856. The van der Waals surface area contributed by atoms with E-state index >= 15 is 0 Å². The van der Waals surface area contributed by atoms with E-state index in [1.807, 2.05) is 13.2 Å². The zero-order valence-electron chi connectivity index (χ0n) is 12.2. The largest absolute Gasteiger partial charge is 0.493 e. The molecule has 1 aliphatic rings. The Bertz CT molecular complexity index is 386. The molecule has 5 nitrogen and oxygen atoms in total. The van der Waals surface area contributed by atoms with Crippen molar-refractivity contribution in [2.45, 2.75) is 38.8 Å². The minimum absolute atomic E-state index is 0.240. The Balaban J connectivity index is 2.26. The summed E-state index contributed by atoms with van der Waals surface area (Å²) in [6.45, 7) is 4.78. The molecule has 108 valence electrons. The normalized spacial score (nSPS) is 21.3. The van der Waals surface area contributed by atoms with Gasteiger partial charge in [-0.25, -0.2) is 0 Å². The Labute approximate surface area is 115 Å². The molecule has 0 saturated carbocycles. The van der Waals surface area contributed by atoms with Gasteiger partial charge < -0.3 is 14.8 Å². The van der Waals surface area contributed by atoms with Gasteiger partial charge in [0, 0.05) is 19.1 Å². The number of hydrogen-bond donors (Lipinski definition) is 1. The van der Waals surface area contributed by atoms with Crippen LogP contribution in [-0.2, 0) is 11.3 Å². The minimum Gasteiger partial charge on any atom is -0.493 e. The molecule has 1 saturated heterocycles. The van der Waals surface area contributed by atoms with Gasteiger partial charge >= 0.3 is 0 Å². The van der Waals surface area contributed by atoms with Crippen LogP contribution in [0.15, 0.2) is 6.20 Å². The standard InChI is InChI=1S/C14H25N3O2/c1-4-7-17-14(12(18-3)9-16-17)13(15-2)11-6-5-8-19-10-11/h9,11,13,15H,4-8,10H2,1-3H3. The van der Waals surface area contributed by atoms with Crippen LogP contribution in [0, 0.1) is 5.92 Å². The smallest absolute Gasteiger partial charge is 0.161 e. The van der Waals surface area contributed by atoms with Crippen LogP contribution < -0.4 is 10.1 Å². The van der Waals surface area contributed by atoms with E-state index in [0.717, 1.165) is 44.0 Å². The minimum atomic E-state index is 0.240. The summed E-state index contributed by atoms with van der Waals surface area (Å²) in [5.41, 5.74) is 1.15. The zero-order chi connectivity index (χ0) is 13.7. The van der Waals surface area contributed by atoms with Gasteiger partial charge in [0.05, 0.1) is 31.6 Å². The van der Waals surface area contributed by atoms with Crippen molar-refractivity contribution in [1.82, 2.24) is 15.1 Å². The number of rotatable bonds is 6. The first-order valence-corrected chi connectivity index (χ1v) is 7.16. The van der Waals surface area contributed by atoms with Gasteiger partial charge in [-0.05, 0) is 26.3 Å². The summed E-state index contributed by atoms with van der Waals surface area (Å²) >= 11 is 0. The van der Waals surface area contributed by atoms with E-state index in [2.05, 4.69) is 22.0 Å². The van der Waals surface area contributed by atoms with E-state index in [4.69, 9.17) is 9.47 Å². The average molecular weight is 267 g/mol. The zero-order valence-corrected chi connectivity index (χ0v) is 12.2. The van der Waals surface area contributed by atoms with Crippen LogP contribution in [0.5, 0.6) is 5.75 Å². The number of aryl methyl sites for hydroxylation is 1. The van der Waals surface area contributed by atoms with E-state index in [9.17, 15) is 0 Å². The lowest BCUT2D eigenvalue weighted by Gasteiger charge is -2.30. The number of nitrogens with one attached hydrogen (secondary N) is 1. The van der Waals surface area contributed by atoms with E-state index in [0.29, 0.717) is 5.92 Å². The lowest BCUT2D eigenvalue weighted by molar-refractivity contribution is 0.0385. The second-order valence-corrected chi connectivity index (χ2v) is 5.06. The number of hydrogen-bond acceptors (Lipinski definition) is 4. The molecule has 1 aromatic heterocycles. The van der Waals surface area contributed by atoms with Crippen molar-refractivity contribution in [2.75, 3.05) is 27.4 Å². The van der Waals surface area contributed by atoms with Crippen molar-refractivity contribution in [2.24, 2.45) is 5.92 Å². The van der Waals surface area contributed by atoms with Gasteiger partial charge in [-0.3, -0.25) is 4.68 Å². The Kier molecular flexibility index (Phi) is 5.22. The fraction of sp³-hybridized carbons (Fsp3) is 0.786. The number of ether oxygens (including phenoxy) is 2. The first kappa shape index (κ1) is 14.3. The van der Waals surface area contributed by atoms with Gasteiger partial charge in [0.15, 0.2) is 5.75 Å². The van der Waals surface area contributed by atoms with E-state index in [1.54, 1.807) is 7.11 Å². The highest BCUT2D eigenvalue weighted by Gasteiger charge is 2.29. The Morgan fingerprint density at radius 2 is 2.47 bits per heavy atom. The summed E-state index contributed by atoms with van der Waals surface area (Å²) in [7, 11) is 3.71. The maximum absolute atomic E-state index is 5.63. The lowest BCUT2D eigenvalue weighted by Crippen LogP contribution is -2.33. The van der Waals surface area contributed by atoms with Crippen molar-refractivity contribution < 1.29 is 9.47 Å². The fourth-order valence-corrected chi connectivity index (χ4v) is 2.86. The van der Waals surface area contributed by atoms with Crippen molar-refractivity contribution in [3.63, 3.8) is 0 Å². The molecule has 2 rings (SSSR count). The molecule has 0 amide bonds. The Hall–Kier alpha value is -1.07. The van der Waals surface area contributed by atoms with Crippen LogP contribution in [0.2, 0.25) is 0 Å². The lowest BCUT2D eigenvalue weighted by atomic mass is 9.91. The highest BCUT2D eigenvalue weighted by Crippen LogP contribution is 2.33. The third-order valence-electron chi connectivity index (χ3n) is 3.77. The molecule has 0 aliphatic carbocycles. The molecule has 2 unspecified atom stereocenters. The molecule has 0 bridgehead atoms. The monoisotopic (exact) mass is 267 g/mol. The molecule has 1 fully saturated rings. The molecule has 0 radical (unpaired) electrons. The summed E-state index contributed by atoms with van der Waals surface area (Å²) in [6, 6.07) is 0.240. The molecule has 2 atom stereocenters. The average Bonchev–Trinajstić information content (AvgIpc) is 2.85. The molecular weight excluding hydrogens is 242 g/mol. The summed E-state index contributed by atoms with van der Waals surface area (Å²) in [4.78, 5) is 0. The molecule has 19 heavy (non-hydrogen) atoms. The van der Waals surface area contributed by atoms with Crippen molar-refractivity contribution in [1.29, 1.82) is 0 Å². The van der Waals surface area contributed by atoms with Crippen molar-refractivity contribution in [3.8, 4) is 5.75 Å². The van der Waals surface area contributed by atoms with Crippen molar-refractivity contribution in [3.05, 3.63) is 11.9 Å². The Morgan fingerprint density at radius 3 is 3.05 bits per heavy atom. The van der Waals surface area contributed by atoms with Gasteiger partial charge in [-0.2, -0.15) is 5.10 Å². The highest BCUT2D eigenvalue weighted by atomic mass is 16.5. The van der Waals surface area contributed by atoms with E-state index in [-0.39, 0.29) is 6.04 Å². The van der Waals surface area contributed by atoms with E-state index < -0.39 is 0 Å². The van der Waals surface area contributed by atoms with Gasteiger partial charge in [-0.15, -0.1) is 0 Å². The second kappa shape index (κ2) is 6.91. The fourth-order valence-electron chi connectivity index (χ4n) is 2.86. The van der Waals surface area contributed by atoms with Crippen LogP contribution in [0.4, 0.5) is 0 Å². The van der Waals surface area contributed by atoms with Gasteiger partial charge in [0.25, 0.3) is 0 Å². The van der Waals surface area contributed by atoms with Gasteiger partial charge in [0.2, 0.25) is 0 Å². The van der Waals surface area contributed by atoms with Gasteiger partial charge in [0.1, 0.15) is 0 Å². The topological polar surface area (TPSA) is 48.3 Å². The molecule has 1 N–H and O–H groups in total.